The van der Waals surface area contributed by atoms with Crippen molar-refractivity contribution >= 4 is 0 Å². The summed E-state index contributed by atoms with van der Waals surface area (Å²) in [7, 11) is 0. The molecule has 17 heavy (non-hydrogen) atoms. The van der Waals surface area contributed by atoms with Gasteiger partial charge in [-0.05, 0) is 50.6 Å². The average Bonchev–Trinajstić information content (AvgIpc) is 2.36. The van der Waals surface area contributed by atoms with Crippen molar-refractivity contribution in [2.45, 2.75) is 26.2 Å². The normalized spacial score (nSPS) is 9.88. The molecule has 0 aliphatic heterocycles. The molecule has 0 fully saturated rings. The first-order valence-electron chi connectivity index (χ1n) is 6.16. The van der Waals surface area contributed by atoms with E-state index in [1.165, 1.54) is 5.56 Å². The Morgan fingerprint density at radius 2 is 2.00 bits per heavy atom. The van der Waals surface area contributed by atoms with Crippen LogP contribution in [-0.2, 0) is 6.42 Å². The summed E-state index contributed by atoms with van der Waals surface area (Å²) in [5.74, 6) is 0.929. The molecule has 0 bridgehead atoms. The van der Waals surface area contributed by atoms with Crippen LogP contribution < -0.4 is 10.1 Å². The average molecular weight is 232 g/mol. The second kappa shape index (κ2) is 8.60. The summed E-state index contributed by atoms with van der Waals surface area (Å²) in [6.07, 6.45) is 2.58. The van der Waals surface area contributed by atoms with Gasteiger partial charge in [0.2, 0.25) is 0 Å². The van der Waals surface area contributed by atoms with E-state index in [1.807, 2.05) is 19.1 Å². The first-order chi connectivity index (χ1) is 8.36. The molecule has 0 aliphatic carbocycles. The minimum atomic E-state index is 0.635. The van der Waals surface area contributed by atoms with Gasteiger partial charge < -0.3 is 10.1 Å². The Labute approximate surface area is 103 Å². The van der Waals surface area contributed by atoms with Crippen LogP contribution in [0.4, 0.5) is 0 Å². The Bertz CT molecular complexity index is 340. The van der Waals surface area contributed by atoms with Crippen molar-refractivity contribution in [2.75, 3.05) is 19.7 Å². The fourth-order valence-corrected chi connectivity index (χ4v) is 1.57. The molecule has 0 amide bonds. The molecule has 1 aromatic rings. The topological polar surface area (TPSA) is 45.0 Å². The molecule has 0 heterocycles. The molecule has 0 aliphatic rings. The molecular weight excluding hydrogens is 212 g/mol. The number of unbranched alkanes of at least 4 members (excludes halogenated alkanes) is 1. The lowest BCUT2D eigenvalue weighted by molar-refractivity contribution is 0.340. The molecule has 92 valence electrons. The Morgan fingerprint density at radius 3 is 2.65 bits per heavy atom. The second-order valence-electron chi connectivity index (χ2n) is 3.84. The van der Waals surface area contributed by atoms with Crippen LogP contribution >= 0.6 is 0 Å². The van der Waals surface area contributed by atoms with Crippen LogP contribution in [0.3, 0.4) is 0 Å². The molecule has 0 atom stereocenters. The van der Waals surface area contributed by atoms with E-state index in [1.54, 1.807) is 0 Å². The minimum Gasteiger partial charge on any atom is -0.494 e. The highest BCUT2D eigenvalue weighted by Crippen LogP contribution is 2.12. The van der Waals surface area contributed by atoms with E-state index in [0.717, 1.165) is 31.7 Å². The van der Waals surface area contributed by atoms with Crippen LogP contribution in [0.15, 0.2) is 24.3 Å². The van der Waals surface area contributed by atoms with Gasteiger partial charge in [0.15, 0.2) is 0 Å². The summed E-state index contributed by atoms with van der Waals surface area (Å²) < 4.78 is 5.38. The molecule has 0 spiro atoms. The van der Waals surface area contributed by atoms with Gasteiger partial charge in [0.05, 0.1) is 12.7 Å². The van der Waals surface area contributed by atoms with Gasteiger partial charge in [0.1, 0.15) is 5.75 Å². The first kappa shape index (κ1) is 13.5. The number of hydrogen-bond donors (Lipinski definition) is 1. The SMILES string of the molecule is CCOc1ccc(CCNCCCC#N)cc1. The van der Waals surface area contributed by atoms with E-state index in [4.69, 9.17) is 10.00 Å². The molecule has 0 saturated carbocycles. The zero-order valence-electron chi connectivity index (χ0n) is 10.4. The van der Waals surface area contributed by atoms with E-state index < -0.39 is 0 Å². The Balaban J connectivity index is 2.16. The fraction of sp³-hybridized carbons (Fsp3) is 0.500. The van der Waals surface area contributed by atoms with Crippen molar-refractivity contribution in [1.82, 2.24) is 5.32 Å². The molecule has 3 nitrogen and oxygen atoms in total. The van der Waals surface area contributed by atoms with E-state index >= 15 is 0 Å². The first-order valence-corrected chi connectivity index (χ1v) is 6.16. The molecule has 1 aromatic carbocycles. The van der Waals surface area contributed by atoms with Gasteiger partial charge in [0.25, 0.3) is 0 Å². The molecule has 3 heteroatoms. The number of hydrogen-bond acceptors (Lipinski definition) is 3. The van der Waals surface area contributed by atoms with E-state index in [2.05, 4.69) is 23.5 Å². The number of nitriles is 1. The quantitative estimate of drug-likeness (QED) is 0.700. The van der Waals surface area contributed by atoms with Crippen molar-refractivity contribution < 1.29 is 4.74 Å². The van der Waals surface area contributed by atoms with Crippen LogP contribution in [-0.4, -0.2) is 19.7 Å². The van der Waals surface area contributed by atoms with Crippen LogP contribution in [0, 0.1) is 11.3 Å². The summed E-state index contributed by atoms with van der Waals surface area (Å²) in [6, 6.07) is 10.4. The maximum absolute atomic E-state index is 8.38. The summed E-state index contributed by atoms with van der Waals surface area (Å²) in [4.78, 5) is 0. The summed E-state index contributed by atoms with van der Waals surface area (Å²) in [5, 5.41) is 11.7. The highest BCUT2D eigenvalue weighted by Gasteiger charge is 1.95. The van der Waals surface area contributed by atoms with Crippen LogP contribution in [0.2, 0.25) is 0 Å². The van der Waals surface area contributed by atoms with Crippen LogP contribution in [0.5, 0.6) is 5.75 Å². The van der Waals surface area contributed by atoms with Crippen molar-refractivity contribution in [3.05, 3.63) is 29.8 Å². The van der Waals surface area contributed by atoms with Gasteiger partial charge in [-0.15, -0.1) is 0 Å². The number of nitrogens with one attached hydrogen (secondary N) is 1. The number of rotatable bonds is 8. The Kier molecular flexibility index (Phi) is 6.85. The van der Waals surface area contributed by atoms with Gasteiger partial charge in [-0.1, -0.05) is 12.1 Å². The fourth-order valence-electron chi connectivity index (χ4n) is 1.57. The van der Waals surface area contributed by atoms with Gasteiger partial charge >= 0.3 is 0 Å². The Morgan fingerprint density at radius 1 is 1.24 bits per heavy atom. The monoisotopic (exact) mass is 232 g/mol. The third kappa shape index (κ3) is 5.94. The number of benzene rings is 1. The Hall–Kier alpha value is -1.53. The lowest BCUT2D eigenvalue weighted by Gasteiger charge is -2.06. The lowest BCUT2D eigenvalue weighted by Crippen LogP contribution is -2.18. The third-order valence-corrected chi connectivity index (χ3v) is 2.47. The highest BCUT2D eigenvalue weighted by molar-refractivity contribution is 5.27. The lowest BCUT2D eigenvalue weighted by atomic mass is 10.1. The predicted molar refractivity (Wildman–Crippen MR) is 69.0 cm³/mol. The predicted octanol–water partition coefficient (Wildman–Crippen LogP) is 2.52. The van der Waals surface area contributed by atoms with Gasteiger partial charge in [-0.2, -0.15) is 5.26 Å². The molecule has 1 N–H and O–H groups in total. The zero-order chi connectivity index (χ0) is 12.3. The molecule has 0 aromatic heterocycles. The van der Waals surface area contributed by atoms with Crippen molar-refractivity contribution in [1.29, 1.82) is 5.26 Å². The number of ether oxygens (including phenoxy) is 1. The highest BCUT2D eigenvalue weighted by atomic mass is 16.5. The van der Waals surface area contributed by atoms with E-state index in [9.17, 15) is 0 Å². The van der Waals surface area contributed by atoms with Crippen LogP contribution in [0.1, 0.15) is 25.3 Å². The van der Waals surface area contributed by atoms with Crippen molar-refractivity contribution in [2.24, 2.45) is 0 Å². The molecule has 1 rings (SSSR count). The zero-order valence-corrected chi connectivity index (χ0v) is 10.4. The van der Waals surface area contributed by atoms with Gasteiger partial charge in [0, 0.05) is 6.42 Å². The van der Waals surface area contributed by atoms with Crippen molar-refractivity contribution in [3.63, 3.8) is 0 Å². The summed E-state index contributed by atoms with van der Waals surface area (Å²) in [6.45, 7) is 4.57. The maximum Gasteiger partial charge on any atom is 0.119 e. The van der Waals surface area contributed by atoms with E-state index in [0.29, 0.717) is 13.0 Å². The third-order valence-electron chi connectivity index (χ3n) is 2.47. The second-order valence-corrected chi connectivity index (χ2v) is 3.84. The standard InChI is InChI=1S/C14H20N2O/c1-2-17-14-7-5-13(6-8-14)9-12-16-11-4-3-10-15/h5-8,16H,2-4,9,11-12H2,1H3. The smallest absolute Gasteiger partial charge is 0.119 e. The molecule has 0 radical (unpaired) electrons. The molecular formula is C14H20N2O. The summed E-state index contributed by atoms with van der Waals surface area (Å²) in [5.41, 5.74) is 1.31. The maximum atomic E-state index is 8.38. The van der Waals surface area contributed by atoms with Crippen molar-refractivity contribution in [3.8, 4) is 11.8 Å². The molecule has 0 unspecified atom stereocenters. The van der Waals surface area contributed by atoms with E-state index in [-0.39, 0.29) is 0 Å². The largest absolute Gasteiger partial charge is 0.494 e. The van der Waals surface area contributed by atoms with Crippen LogP contribution in [0.25, 0.3) is 0 Å². The summed E-state index contributed by atoms with van der Waals surface area (Å²) >= 11 is 0. The van der Waals surface area contributed by atoms with Gasteiger partial charge in [-0.3, -0.25) is 0 Å². The van der Waals surface area contributed by atoms with Gasteiger partial charge in [-0.25, -0.2) is 0 Å². The number of nitrogens with zero attached hydrogens (tertiary/aromatic N) is 1. The molecule has 0 saturated heterocycles. The minimum absolute atomic E-state index is 0.635.